The fourth-order valence-electron chi connectivity index (χ4n) is 1.75. The molecule has 78 valence electrons. The molecule has 1 saturated carbocycles. The zero-order chi connectivity index (χ0) is 9.68. The van der Waals surface area contributed by atoms with Crippen LogP contribution < -0.4 is 5.32 Å². The molecule has 1 aliphatic rings. The van der Waals surface area contributed by atoms with E-state index in [0.29, 0.717) is 11.3 Å². The maximum atomic E-state index is 9.69. The van der Waals surface area contributed by atoms with Crippen molar-refractivity contribution in [3.05, 3.63) is 0 Å². The van der Waals surface area contributed by atoms with E-state index < -0.39 is 0 Å². The molecule has 0 aromatic heterocycles. The lowest BCUT2D eigenvalue weighted by Crippen LogP contribution is -2.44. The van der Waals surface area contributed by atoms with Gasteiger partial charge in [-0.05, 0) is 19.1 Å². The molecule has 0 aliphatic heterocycles. The van der Waals surface area contributed by atoms with Gasteiger partial charge in [0.2, 0.25) is 0 Å². The SMILES string of the molecule is CSC(C)CNC1CCCCC1O. The average molecular weight is 203 g/mol. The quantitative estimate of drug-likeness (QED) is 0.728. The van der Waals surface area contributed by atoms with Gasteiger partial charge >= 0.3 is 0 Å². The van der Waals surface area contributed by atoms with Gasteiger partial charge in [0.15, 0.2) is 0 Å². The van der Waals surface area contributed by atoms with Crippen LogP contribution in [-0.4, -0.2) is 35.3 Å². The van der Waals surface area contributed by atoms with Crippen LogP contribution in [0.5, 0.6) is 0 Å². The maximum Gasteiger partial charge on any atom is 0.0693 e. The van der Waals surface area contributed by atoms with E-state index in [0.717, 1.165) is 19.4 Å². The first-order valence-electron chi connectivity index (χ1n) is 5.18. The number of nitrogens with one attached hydrogen (secondary N) is 1. The second-order valence-corrected chi connectivity index (χ2v) is 5.19. The minimum absolute atomic E-state index is 0.109. The molecule has 3 heteroatoms. The third kappa shape index (κ3) is 3.88. The van der Waals surface area contributed by atoms with Crippen LogP contribution in [0.25, 0.3) is 0 Å². The van der Waals surface area contributed by atoms with Gasteiger partial charge in [0.1, 0.15) is 0 Å². The molecule has 1 aliphatic carbocycles. The zero-order valence-corrected chi connectivity index (χ0v) is 9.44. The van der Waals surface area contributed by atoms with Crippen LogP contribution in [0.2, 0.25) is 0 Å². The van der Waals surface area contributed by atoms with E-state index in [1.165, 1.54) is 12.8 Å². The largest absolute Gasteiger partial charge is 0.392 e. The molecular weight excluding hydrogens is 182 g/mol. The third-order valence-corrected chi connectivity index (χ3v) is 3.77. The number of thioether (sulfide) groups is 1. The summed E-state index contributed by atoms with van der Waals surface area (Å²) in [5.41, 5.74) is 0. The van der Waals surface area contributed by atoms with E-state index in [1.807, 2.05) is 11.8 Å². The number of aliphatic hydroxyl groups is 1. The Bertz CT molecular complexity index is 143. The number of hydrogen-bond donors (Lipinski definition) is 2. The maximum absolute atomic E-state index is 9.69. The van der Waals surface area contributed by atoms with Crippen LogP contribution in [-0.2, 0) is 0 Å². The summed E-state index contributed by atoms with van der Waals surface area (Å²) in [7, 11) is 0. The summed E-state index contributed by atoms with van der Waals surface area (Å²) in [5, 5.41) is 13.8. The van der Waals surface area contributed by atoms with Gasteiger partial charge in [-0.15, -0.1) is 0 Å². The minimum Gasteiger partial charge on any atom is -0.392 e. The summed E-state index contributed by atoms with van der Waals surface area (Å²) < 4.78 is 0. The van der Waals surface area contributed by atoms with Gasteiger partial charge in [0.05, 0.1) is 6.10 Å². The monoisotopic (exact) mass is 203 g/mol. The standard InChI is InChI=1S/C10H21NOS/c1-8(13-2)7-11-9-5-3-4-6-10(9)12/h8-12H,3-7H2,1-2H3. The van der Waals surface area contributed by atoms with Crippen molar-refractivity contribution >= 4 is 11.8 Å². The molecule has 0 radical (unpaired) electrons. The molecule has 2 N–H and O–H groups in total. The van der Waals surface area contributed by atoms with Gasteiger partial charge in [0, 0.05) is 17.8 Å². The Hall–Kier alpha value is 0.270. The van der Waals surface area contributed by atoms with Gasteiger partial charge in [-0.2, -0.15) is 11.8 Å². The summed E-state index contributed by atoms with van der Waals surface area (Å²) >= 11 is 1.87. The smallest absolute Gasteiger partial charge is 0.0693 e. The first-order chi connectivity index (χ1) is 6.24. The molecule has 1 fully saturated rings. The average Bonchev–Trinajstić information content (AvgIpc) is 2.16. The summed E-state index contributed by atoms with van der Waals surface area (Å²) in [6.45, 7) is 3.23. The van der Waals surface area contributed by atoms with Crippen LogP contribution >= 0.6 is 11.8 Å². The van der Waals surface area contributed by atoms with Crippen molar-refractivity contribution in [1.29, 1.82) is 0 Å². The topological polar surface area (TPSA) is 32.3 Å². The Labute approximate surface area is 85.5 Å². The Morgan fingerprint density at radius 1 is 1.46 bits per heavy atom. The fraction of sp³-hybridized carbons (Fsp3) is 1.00. The lowest BCUT2D eigenvalue weighted by atomic mass is 9.92. The summed E-state index contributed by atoms with van der Waals surface area (Å²) in [5.74, 6) is 0. The highest BCUT2D eigenvalue weighted by Gasteiger charge is 2.22. The summed E-state index contributed by atoms with van der Waals surface area (Å²) in [6, 6.07) is 0.350. The van der Waals surface area contributed by atoms with Gasteiger partial charge in [0.25, 0.3) is 0 Å². The molecule has 0 saturated heterocycles. The van der Waals surface area contributed by atoms with Gasteiger partial charge in [-0.25, -0.2) is 0 Å². The first-order valence-corrected chi connectivity index (χ1v) is 6.47. The summed E-state index contributed by atoms with van der Waals surface area (Å²) in [6.07, 6.45) is 6.60. The van der Waals surface area contributed by atoms with E-state index in [2.05, 4.69) is 18.5 Å². The highest BCUT2D eigenvalue weighted by Crippen LogP contribution is 2.18. The molecule has 0 amide bonds. The van der Waals surface area contributed by atoms with Crippen molar-refractivity contribution in [3.63, 3.8) is 0 Å². The molecule has 0 aromatic carbocycles. The molecule has 0 bridgehead atoms. The van der Waals surface area contributed by atoms with Crippen molar-refractivity contribution < 1.29 is 5.11 Å². The molecule has 0 spiro atoms. The predicted octanol–water partition coefficient (Wildman–Crippen LogP) is 1.63. The lowest BCUT2D eigenvalue weighted by molar-refractivity contribution is 0.0914. The van der Waals surface area contributed by atoms with E-state index in [-0.39, 0.29) is 6.10 Å². The second kappa shape index (κ2) is 5.89. The Morgan fingerprint density at radius 2 is 2.15 bits per heavy atom. The van der Waals surface area contributed by atoms with Crippen LogP contribution in [0.15, 0.2) is 0 Å². The molecule has 3 unspecified atom stereocenters. The van der Waals surface area contributed by atoms with E-state index >= 15 is 0 Å². The zero-order valence-electron chi connectivity index (χ0n) is 8.62. The number of hydrogen-bond acceptors (Lipinski definition) is 3. The Morgan fingerprint density at radius 3 is 2.77 bits per heavy atom. The molecular formula is C10H21NOS. The van der Waals surface area contributed by atoms with Gasteiger partial charge in [-0.1, -0.05) is 19.8 Å². The molecule has 0 heterocycles. The van der Waals surface area contributed by atoms with E-state index in [4.69, 9.17) is 0 Å². The molecule has 2 nitrogen and oxygen atoms in total. The van der Waals surface area contributed by atoms with E-state index in [9.17, 15) is 5.11 Å². The van der Waals surface area contributed by atoms with Gasteiger partial charge in [-0.3, -0.25) is 0 Å². The third-order valence-electron chi connectivity index (χ3n) is 2.80. The van der Waals surface area contributed by atoms with E-state index in [1.54, 1.807) is 0 Å². The Kier molecular flexibility index (Phi) is 5.14. The fourth-order valence-corrected chi connectivity index (χ4v) is 2.01. The van der Waals surface area contributed by atoms with Crippen molar-refractivity contribution in [2.75, 3.05) is 12.8 Å². The number of rotatable bonds is 4. The predicted molar refractivity (Wildman–Crippen MR) is 59.2 cm³/mol. The first kappa shape index (κ1) is 11.3. The molecule has 0 aromatic rings. The minimum atomic E-state index is -0.109. The van der Waals surface area contributed by atoms with Gasteiger partial charge < -0.3 is 10.4 Å². The van der Waals surface area contributed by atoms with Crippen molar-refractivity contribution in [2.45, 2.75) is 50.0 Å². The van der Waals surface area contributed by atoms with Crippen LogP contribution in [0.3, 0.4) is 0 Å². The van der Waals surface area contributed by atoms with Crippen molar-refractivity contribution in [3.8, 4) is 0 Å². The summed E-state index contributed by atoms with van der Waals surface area (Å²) in [4.78, 5) is 0. The van der Waals surface area contributed by atoms with Crippen molar-refractivity contribution in [1.82, 2.24) is 5.32 Å². The van der Waals surface area contributed by atoms with Crippen LogP contribution in [0, 0.1) is 0 Å². The van der Waals surface area contributed by atoms with Crippen LogP contribution in [0.1, 0.15) is 32.6 Å². The molecule has 1 rings (SSSR count). The highest BCUT2D eigenvalue weighted by molar-refractivity contribution is 7.99. The number of aliphatic hydroxyl groups excluding tert-OH is 1. The van der Waals surface area contributed by atoms with Crippen molar-refractivity contribution in [2.24, 2.45) is 0 Å². The highest BCUT2D eigenvalue weighted by atomic mass is 32.2. The van der Waals surface area contributed by atoms with Crippen LogP contribution in [0.4, 0.5) is 0 Å². The molecule has 13 heavy (non-hydrogen) atoms. The lowest BCUT2D eigenvalue weighted by Gasteiger charge is -2.29. The Balaban J connectivity index is 2.18. The normalized spacial score (nSPS) is 31.6. The second-order valence-electron chi connectivity index (χ2n) is 3.91. The molecule has 3 atom stereocenters.